The number of aromatic nitrogens is 3. The zero-order valence-electron chi connectivity index (χ0n) is 13.1. The summed E-state index contributed by atoms with van der Waals surface area (Å²) in [5.74, 6) is 0.515. The summed E-state index contributed by atoms with van der Waals surface area (Å²) in [6.45, 7) is 4.03. The molecule has 22 heavy (non-hydrogen) atoms. The van der Waals surface area contributed by atoms with Gasteiger partial charge in [-0.3, -0.25) is 9.59 Å². The number of carbonyl (C=O) groups excluding carboxylic acids is 1. The van der Waals surface area contributed by atoms with E-state index in [1.807, 2.05) is 13.8 Å². The Morgan fingerprint density at radius 1 is 1.23 bits per heavy atom. The summed E-state index contributed by atoms with van der Waals surface area (Å²) in [4.78, 5) is 33.2. The lowest BCUT2D eigenvalue weighted by molar-refractivity contribution is 0.0910. The number of rotatable bonds is 2. The third-order valence-corrected chi connectivity index (χ3v) is 3.76. The van der Waals surface area contributed by atoms with E-state index in [0.29, 0.717) is 30.0 Å². The number of ketones is 1. The molecule has 0 radical (unpaired) electrons. The molecule has 7 nitrogen and oxygen atoms in total. The number of hydrogen-bond donors (Lipinski definition) is 1. The molecule has 0 saturated carbocycles. The van der Waals surface area contributed by atoms with Gasteiger partial charge in [-0.15, -0.1) is 0 Å². The molecule has 0 saturated heterocycles. The molecule has 0 atom stereocenters. The lowest BCUT2D eigenvalue weighted by Crippen LogP contribution is -2.30. The number of hydrogen-bond acceptors (Lipinski definition) is 6. The monoisotopic (exact) mass is 302 g/mol. The van der Waals surface area contributed by atoms with Gasteiger partial charge < -0.3 is 14.4 Å². The molecule has 0 bridgehead atoms. The lowest BCUT2D eigenvalue weighted by atomic mass is 9.75. The summed E-state index contributed by atoms with van der Waals surface area (Å²) < 4.78 is 5.13. The molecule has 2 heterocycles. The van der Waals surface area contributed by atoms with Gasteiger partial charge in [0.25, 0.3) is 17.4 Å². The fourth-order valence-corrected chi connectivity index (χ4v) is 2.69. The Hall–Kier alpha value is -2.44. The van der Waals surface area contributed by atoms with Gasteiger partial charge in [0.05, 0.1) is 0 Å². The number of fused-ring (bicyclic) bond motifs is 1. The summed E-state index contributed by atoms with van der Waals surface area (Å²) in [7, 11) is 3.55. The second kappa shape index (κ2) is 4.79. The number of H-pyrrole nitrogens is 1. The molecule has 0 aliphatic heterocycles. The highest BCUT2D eigenvalue weighted by Crippen LogP contribution is 2.34. The molecule has 0 spiro atoms. The molecule has 2 aromatic heterocycles. The zero-order chi connectivity index (χ0) is 16.1. The van der Waals surface area contributed by atoms with Crippen molar-refractivity contribution in [1.82, 2.24) is 15.1 Å². The van der Waals surface area contributed by atoms with Crippen LogP contribution < -0.4 is 10.5 Å². The molecule has 1 aliphatic rings. The molecular formula is C15H18N4O3. The van der Waals surface area contributed by atoms with Gasteiger partial charge in [-0.25, -0.2) is 0 Å². The maximum atomic E-state index is 12.3. The lowest BCUT2D eigenvalue weighted by Gasteiger charge is -2.29. The Labute approximate surface area is 127 Å². The van der Waals surface area contributed by atoms with Crippen LogP contribution in [0.4, 0.5) is 5.95 Å². The van der Waals surface area contributed by atoms with E-state index >= 15 is 0 Å². The number of nitrogens with zero attached hydrogens (tertiary/aromatic N) is 3. The first-order chi connectivity index (χ1) is 10.3. The minimum absolute atomic E-state index is 0.0242. The third kappa shape index (κ3) is 2.43. The van der Waals surface area contributed by atoms with Crippen LogP contribution in [0.1, 0.15) is 36.3 Å². The van der Waals surface area contributed by atoms with Gasteiger partial charge in [0.2, 0.25) is 0 Å². The first-order valence-electron chi connectivity index (χ1n) is 7.08. The Morgan fingerprint density at radius 3 is 2.59 bits per heavy atom. The van der Waals surface area contributed by atoms with Crippen molar-refractivity contribution in [2.45, 2.75) is 26.7 Å². The van der Waals surface area contributed by atoms with Crippen molar-refractivity contribution in [2.75, 3.05) is 19.0 Å². The summed E-state index contributed by atoms with van der Waals surface area (Å²) in [6, 6.07) is 1.57. The molecule has 1 aliphatic carbocycles. The van der Waals surface area contributed by atoms with Gasteiger partial charge in [0.15, 0.2) is 5.78 Å². The van der Waals surface area contributed by atoms with E-state index in [2.05, 4.69) is 15.1 Å². The van der Waals surface area contributed by atoms with Crippen LogP contribution >= 0.6 is 0 Å². The number of anilines is 1. The average molecular weight is 302 g/mol. The highest BCUT2D eigenvalue weighted by molar-refractivity contribution is 5.99. The number of pyridine rings is 1. The second-order valence-electron chi connectivity index (χ2n) is 6.64. The zero-order valence-corrected chi connectivity index (χ0v) is 13.1. The molecule has 0 fully saturated rings. The molecular weight excluding hydrogens is 284 g/mol. The van der Waals surface area contributed by atoms with Crippen LogP contribution in [-0.2, 0) is 6.42 Å². The van der Waals surface area contributed by atoms with Crippen LogP contribution in [0.3, 0.4) is 0 Å². The van der Waals surface area contributed by atoms with Crippen LogP contribution in [0.15, 0.2) is 15.4 Å². The Bertz CT molecular complexity index is 801. The van der Waals surface area contributed by atoms with Crippen LogP contribution in [0.2, 0.25) is 0 Å². The standard InChI is InChI=1S/C15H18N4O3/c1-15(2)6-10-8(11(20)7-15)5-9(12(21)16-10)13-17-14(18-22-13)19(3)4/h5H,6-7H2,1-4H3,(H,16,21). The maximum absolute atomic E-state index is 12.3. The molecule has 3 rings (SSSR count). The van der Waals surface area contributed by atoms with Gasteiger partial charge in [-0.2, -0.15) is 4.98 Å². The number of Topliss-reactive ketones (excluding diaryl/α,β-unsaturated/α-hetero) is 1. The molecule has 2 aromatic rings. The van der Waals surface area contributed by atoms with Crippen molar-refractivity contribution >= 4 is 11.7 Å². The average Bonchev–Trinajstić information content (AvgIpc) is 2.86. The molecule has 0 aromatic carbocycles. The van der Waals surface area contributed by atoms with Crippen molar-refractivity contribution in [3.05, 3.63) is 27.7 Å². The van der Waals surface area contributed by atoms with Crippen LogP contribution in [0, 0.1) is 5.41 Å². The highest BCUT2D eigenvalue weighted by Gasteiger charge is 2.32. The van der Waals surface area contributed by atoms with E-state index < -0.39 is 0 Å². The van der Waals surface area contributed by atoms with E-state index in [9.17, 15) is 9.59 Å². The largest absolute Gasteiger partial charge is 0.344 e. The maximum Gasteiger partial charge on any atom is 0.265 e. The topological polar surface area (TPSA) is 92.1 Å². The molecule has 7 heteroatoms. The van der Waals surface area contributed by atoms with Crippen molar-refractivity contribution < 1.29 is 9.32 Å². The van der Waals surface area contributed by atoms with Crippen molar-refractivity contribution in [3.8, 4) is 11.5 Å². The Balaban J connectivity index is 2.10. The van der Waals surface area contributed by atoms with E-state index in [-0.39, 0.29) is 28.2 Å². The molecule has 1 N–H and O–H groups in total. The first-order valence-corrected chi connectivity index (χ1v) is 7.08. The number of nitrogens with one attached hydrogen (secondary N) is 1. The number of carbonyl (C=O) groups is 1. The van der Waals surface area contributed by atoms with Crippen molar-refractivity contribution in [3.63, 3.8) is 0 Å². The van der Waals surface area contributed by atoms with Crippen LogP contribution in [0.25, 0.3) is 11.5 Å². The SMILES string of the molecule is CN(C)c1noc(-c2cc3c([nH]c2=O)CC(C)(C)CC3=O)n1. The van der Waals surface area contributed by atoms with Crippen LogP contribution in [-0.4, -0.2) is 35.0 Å². The van der Waals surface area contributed by atoms with Crippen molar-refractivity contribution in [1.29, 1.82) is 0 Å². The Morgan fingerprint density at radius 2 is 1.95 bits per heavy atom. The van der Waals surface area contributed by atoms with E-state index in [1.54, 1.807) is 25.1 Å². The van der Waals surface area contributed by atoms with Gasteiger partial charge >= 0.3 is 0 Å². The third-order valence-electron chi connectivity index (χ3n) is 3.76. The molecule has 0 unspecified atom stereocenters. The predicted molar refractivity (Wildman–Crippen MR) is 81.1 cm³/mol. The van der Waals surface area contributed by atoms with E-state index in [4.69, 9.17) is 4.52 Å². The van der Waals surface area contributed by atoms with Gasteiger partial charge in [0.1, 0.15) is 5.56 Å². The first kappa shape index (κ1) is 14.5. The summed E-state index contributed by atoms with van der Waals surface area (Å²) in [6.07, 6.45) is 1.12. The van der Waals surface area contributed by atoms with Gasteiger partial charge in [0, 0.05) is 31.8 Å². The number of aromatic amines is 1. The second-order valence-corrected chi connectivity index (χ2v) is 6.64. The quantitative estimate of drug-likeness (QED) is 0.906. The summed E-state index contributed by atoms with van der Waals surface area (Å²) in [5.41, 5.74) is 0.989. The summed E-state index contributed by atoms with van der Waals surface area (Å²) in [5, 5.41) is 3.79. The van der Waals surface area contributed by atoms with Crippen molar-refractivity contribution in [2.24, 2.45) is 5.41 Å². The van der Waals surface area contributed by atoms with E-state index in [0.717, 1.165) is 0 Å². The highest BCUT2D eigenvalue weighted by atomic mass is 16.5. The fourth-order valence-electron chi connectivity index (χ4n) is 2.69. The van der Waals surface area contributed by atoms with Crippen LogP contribution in [0.5, 0.6) is 0 Å². The van der Waals surface area contributed by atoms with Gasteiger partial charge in [-0.05, 0) is 23.1 Å². The minimum atomic E-state index is -0.321. The summed E-state index contributed by atoms with van der Waals surface area (Å²) >= 11 is 0. The molecule has 116 valence electrons. The smallest absolute Gasteiger partial charge is 0.265 e. The van der Waals surface area contributed by atoms with Gasteiger partial charge in [-0.1, -0.05) is 13.8 Å². The molecule has 0 amide bonds. The normalized spacial score (nSPS) is 16.5. The minimum Gasteiger partial charge on any atom is -0.344 e. The fraction of sp³-hybridized carbons (Fsp3) is 0.467. The predicted octanol–water partition coefficient (Wildman–Crippen LogP) is 1.65. The van der Waals surface area contributed by atoms with E-state index in [1.165, 1.54) is 0 Å². The Kier molecular flexibility index (Phi) is 3.16.